The average molecular weight is 339 g/mol. The average Bonchev–Trinajstić information content (AvgIpc) is 2.61. The van der Waals surface area contributed by atoms with E-state index in [4.69, 9.17) is 5.26 Å². The van der Waals surface area contributed by atoms with Gasteiger partial charge in [-0.15, -0.1) is 0 Å². The predicted molar refractivity (Wildman–Crippen MR) is 95.2 cm³/mol. The second-order valence-corrected chi connectivity index (χ2v) is 8.09. The van der Waals surface area contributed by atoms with Crippen molar-refractivity contribution in [2.75, 3.05) is 0 Å². The first-order valence-corrected chi connectivity index (χ1v) is 9.38. The summed E-state index contributed by atoms with van der Waals surface area (Å²) in [6, 6.07) is 8.54. The predicted octanol–water partition coefficient (Wildman–Crippen LogP) is 6.31. The molecule has 4 atom stereocenters. The summed E-state index contributed by atoms with van der Waals surface area (Å²) >= 11 is 0. The van der Waals surface area contributed by atoms with E-state index in [0.29, 0.717) is 16.7 Å². The molecule has 2 saturated carbocycles. The zero-order valence-corrected chi connectivity index (χ0v) is 14.6. The van der Waals surface area contributed by atoms with Crippen LogP contribution in [0.4, 0.5) is 8.78 Å². The van der Waals surface area contributed by atoms with Crippen LogP contribution >= 0.6 is 0 Å². The maximum atomic E-state index is 14.3. The summed E-state index contributed by atoms with van der Waals surface area (Å²) in [7, 11) is 0. The first-order chi connectivity index (χ1) is 12.1. The molecule has 0 radical (unpaired) electrons. The van der Waals surface area contributed by atoms with Gasteiger partial charge in [-0.05, 0) is 72.8 Å². The minimum Gasteiger partial charge on any atom is -0.205 e. The second-order valence-electron chi connectivity index (χ2n) is 8.09. The number of benzene rings is 2. The quantitative estimate of drug-likeness (QED) is 0.597. The summed E-state index contributed by atoms with van der Waals surface area (Å²) in [5.41, 5.74) is 0.699. The number of nitriles is 1. The van der Waals surface area contributed by atoms with Crippen LogP contribution in [0.15, 0.2) is 24.3 Å². The molecule has 0 heterocycles. The highest BCUT2D eigenvalue weighted by Crippen LogP contribution is 2.47. The SMILES string of the molecule is C[C@@H]1CC[C@@H]2CC(c3ccc4c(F)c(C#N)c(F)cc4c3)CCC2C1. The molecule has 2 aromatic carbocycles. The van der Waals surface area contributed by atoms with E-state index >= 15 is 0 Å². The fourth-order valence-electron chi connectivity index (χ4n) is 5.13. The molecule has 0 aliphatic heterocycles. The molecule has 0 bridgehead atoms. The number of fused-ring (bicyclic) bond motifs is 2. The molecule has 1 nitrogen and oxygen atoms in total. The lowest BCUT2D eigenvalue weighted by atomic mass is 9.64. The number of hydrogen-bond donors (Lipinski definition) is 0. The molecule has 0 spiro atoms. The van der Waals surface area contributed by atoms with Gasteiger partial charge < -0.3 is 0 Å². The zero-order valence-electron chi connectivity index (χ0n) is 14.6. The van der Waals surface area contributed by atoms with Gasteiger partial charge in [-0.2, -0.15) is 5.26 Å². The van der Waals surface area contributed by atoms with Gasteiger partial charge in [0.15, 0.2) is 5.82 Å². The van der Waals surface area contributed by atoms with Gasteiger partial charge in [0.2, 0.25) is 0 Å². The highest BCUT2D eigenvalue weighted by Gasteiger charge is 2.34. The molecule has 2 aromatic rings. The third kappa shape index (κ3) is 2.92. The summed E-state index contributed by atoms with van der Waals surface area (Å²) in [5.74, 6) is 1.51. The molecular formula is C22H23F2N. The van der Waals surface area contributed by atoms with Crippen molar-refractivity contribution in [2.24, 2.45) is 17.8 Å². The minimum atomic E-state index is -0.769. The normalized spacial score (nSPS) is 29.2. The third-order valence-electron chi connectivity index (χ3n) is 6.51. The number of rotatable bonds is 1. The smallest absolute Gasteiger partial charge is 0.151 e. The summed E-state index contributed by atoms with van der Waals surface area (Å²) < 4.78 is 28.2. The van der Waals surface area contributed by atoms with Crippen LogP contribution in [0.5, 0.6) is 0 Å². The Morgan fingerprint density at radius 1 is 1.00 bits per heavy atom. The number of hydrogen-bond acceptors (Lipinski definition) is 1. The van der Waals surface area contributed by atoms with Crippen LogP contribution in [0.3, 0.4) is 0 Å². The third-order valence-corrected chi connectivity index (χ3v) is 6.51. The standard InChI is InChI=1S/C22H23F2N/c1-13-2-3-15-9-16(5-4-14(15)8-13)17-6-7-19-18(10-17)11-21(23)20(12-25)22(19)24/h6-7,10-11,13-16H,2-5,8-9H2,1H3/t13-,14?,15-,16?/m1/s1. The van der Waals surface area contributed by atoms with E-state index in [0.717, 1.165) is 17.8 Å². The monoisotopic (exact) mass is 339 g/mol. The van der Waals surface area contributed by atoms with Crippen molar-refractivity contribution in [1.29, 1.82) is 5.26 Å². The van der Waals surface area contributed by atoms with Crippen molar-refractivity contribution in [1.82, 2.24) is 0 Å². The summed E-state index contributed by atoms with van der Waals surface area (Å²) in [6.07, 6.45) is 7.66. The highest BCUT2D eigenvalue weighted by atomic mass is 19.1. The van der Waals surface area contributed by atoms with Crippen molar-refractivity contribution < 1.29 is 8.78 Å². The van der Waals surface area contributed by atoms with Crippen LogP contribution in [-0.2, 0) is 0 Å². The van der Waals surface area contributed by atoms with Gasteiger partial charge in [-0.25, -0.2) is 8.78 Å². The van der Waals surface area contributed by atoms with E-state index in [1.807, 2.05) is 12.1 Å². The van der Waals surface area contributed by atoms with Crippen LogP contribution in [0.1, 0.15) is 62.5 Å². The Labute approximate surface area is 147 Å². The fraction of sp³-hybridized carbons (Fsp3) is 0.500. The van der Waals surface area contributed by atoms with Crippen LogP contribution < -0.4 is 0 Å². The van der Waals surface area contributed by atoms with Crippen molar-refractivity contribution in [3.63, 3.8) is 0 Å². The molecule has 0 N–H and O–H groups in total. The Balaban J connectivity index is 1.63. The van der Waals surface area contributed by atoms with Crippen LogP contribution in [0, 0.1) is 40.7 Å². The molecule has 3 heteroatoms. The van der Waals surface area contributed by atoms with Crippen molar-refractivity contribution in [3.8, 4) is 6.07 Å². The fourth-order valence-corrected chi connectivity index (χ4v) is 5.13. The molecule has 2 fully saturated rings. The van der Waals surface area contributed by atoms with Crippen LogP contribution in [-0.4, -0.2) is 0 Å². The van der Waals surface area contributed by atoms with Crippen molar-refractivity contribution in [3.05, 3.63) is 47.0 Å². The Kier molecular flexibility index (Phi) is 4.23. The van der Waals surface area contributed by atoms with E-state index in [-0.39, 0.29) is 0 Å². The summed E-state index contributed by atoms with van der Waals surface area (Å²) in [5, 5.41) is 9.81. The first kappa shape index (κ1) is 16.5. The minimum absolute atomic E-state index is 0.335. The number of halogens is 2. The summed E-state index contributed by atoms with van der Waals surface area (Å²) in [6.45, 7) is 2.37. The Hall–Kier alpha value is -1.95. The second kappa shape index (κ2) is 6.41. The van der Waals surface area contributed by atoms with E-state index in [9.17, 15) is 8.78 Å². The van der Waals surface area contributed by atoms with Gasteiger partial charge in [0.1, 0.15) is 17.4 Å². The topological polar surface area (TPSA) is 23.8 Å². The maximum absolute atomic E-state index is 14.3. The van der Waals surface area contributed by atoms with Gasteiger partial charge in [-0.1, -0.05) is 31.5 Å². The van der Waals surface area contributed by atoms with Gasteiger partial charge in [0, 0.05) is 5.39 Å². The van der Waals surface area contributed by atoms with Crippen LogP contribution in [0.25, 0.3) is 10.8 Å². The first-order valence-electron chi connectivity index (χ1n) is 9.38. The van der Waals surface area contributed by atoms with Gasteiger partial charge in [-0.3, -0.25) is 0 Å². The van der Waals surface area contributed by atoms with E-state index in [1.54, 1.807) is 12.1 Å². The molecule has 0 saturated heterocycles. The Morgan fingerprint density at radius 2 is 1.76 bits per heavy atom. The van der Waals surface area contributed by atoms with E-state index < -0.39 is 17.2 Å². The number of nitrogens with zero attached hydrogens (tertiary/aromatic N) is 1. The lowest BCUT2D eigenvalue weighted by molar-refractivity contribution is 0.124. The zero-order chi connectivity index (χ0) is 17.6. The van der Waals surface area contributed by atoms with Gasteiger partial charge >= 0.3 is 0 Å². The lowest BCUT2D eigenvalue weighted by Gasteiger charge is -2.41. The highest BCUT2D eigenvalue weighted by molar-refractivity contribution is 5.85. The molecule has 0 aromatic heterocycles. The molecule has 2 unspecified atom stereocenters. The molecular weight excluding hydrogens is 316 g/mol. The van der Waals surface area contributed by atoms with Crippen molar-refractivity contribution in [2.45, 2.75) is 51.4 Å². The molecule has 25 heavy (non-hydrogen) atoms. The molecule has 4 rings (SSSR count). The molecule has 0 amide bonds. The van der Waals surface area contributed by atoms with E-state index in [1.165, 1.54) is 50.2 Å². The van der Waals surface area contributed by atoms with E-state index in [2.05, 4.69) is 6.92 Å². The Bertz CT molecular complexity index is 851. The van der Waals surface area contributed by atoms with Crippen LogP contribution in [0.2, 0.25) is 0 Å². The van der Waals surface area contributed by atoms with Gasteiger partial charge in [0.25, 0.3) is 0 Å². The molecule has 2 aliphatic rings. The Morgan fingerprint density at radius 3 is 2.56 bits per heavy atom. The summed E-state index contributed by atoms with van der Waals surface area (Å²) in [4.78, 5) is 0. The van der Waals surface area contributed by atoms with Crippen molar-refractivity contribution >= 4 is 10.8 Å². The molecule has 130 valence electrons. The van der Waals surface area contributed by atoms with Gasteiger partial charge in [0.05, 0.1) is 0 Å². The maximum Gasteiger partial charge on any atom is 0.151 e. The molecule has 2 aliphatic carbocycles. The lowest BCUT2D eigenvalue weighted by Crippen LogP contribution is -2.29. The largest absolute Gasteiger partial charge is 0.205 e.